The number of benzene rings is 1. The van der Waals surface area contributed by atoms with E-state index < -0.39 is 24.1 Å². The van der Waals surface area contributed by atoms with Gasteiger partial charge in [0.15, 0.2) is 0 Å². The molecule has 0 unspecified atom stereocenters. The van der Waals surface area contributed by atoms with Gasteiger partial charge in [0.2, 0.25) is 0 Å². The Morgan fingerprint density at radius 2 is 1.93 bits per heavy atom. The number of carbonyl (C=O) groups is 2. The molecule has 2 N–H and O–H groups in total. The Morgan fingerprint density at radius 1 is 1.17 bits per heavy atom. The van der Waals surface area contributed by atoms with Crippen molar-refractivity contribution < 1.29 is 37.3 Å². The van der Waals surface area contributed by atoms with Crippen LogP contribution in [0.25, 0.3) is 10.9 Å². The summed E-state index contributed by atoms with van der Waals surface area (Å²) < 4.78 is 46.8. The van der Waals surface area contributed by atoms with E-state index >= 15 is 0 Å². The summed E-state index contributed by atoms with van der Waals surface area (Å²) in [7, 11) is 0. The molecule has 156 valence electrons. The molecule has 0 radical (unpaired) electrons. The molecule has 0 spiro atoms. The van der Waals surface area contributed by atoms with E-state index in [9.17, 15) is 27.9 Å². The maximum atomic E-state index is 12.6. The van der Waals surface area contributed by atoms with Crippen LogP contribution in [0.1, 0.15) is 27.6 Å². The first-order chi connectivity index (χ1) is 14.2. The van der Waals surface area contributed by atoms with Crippen molar-refractivity contribution in [2.75, 3.05) is 11.9 Å². The molecule has 0 atom stereocenters. The maximum absolute atomic E-state index is 12.6. The molecule has 0 aliphatic heterocycles. The zero-order chi connectivity index (χ0) is 21.9. The van der Waals surface area contributed by atoms with Crippen molar-refractivity contribution >= 4 is 34.3 Å². The number of nitrogens with one attached hydrogen (secondary N) is 1. The van der Waals surface area contributed by atoms with Gasteiger partial charge in [0.05, 0.1) is 17.8 Å². The number of hydrogen-bond donors (Lipinski definition) is 2. The van der Waals surface area contributed by atoms with Gasteiger partial charge in [0, 0.05) is 17.8 Å². The van der Waals surface area contributed by atoms with Crippen LogP contribution < -0.4 is 10.1 Å². The van der Waals surface area contributed by atoms with Crippen LogP contribution in [0.3, 0.4) is 0 Å². The fourth-order valence-corrected chi connectivity index (χ4v) is 2.57. The van der Waals surface area contributed by atoms with Crippen LogP contribution in [-0.4, -0.2) is 45.0 Å². The Bertz CT molecular complexity index is 1120. The number of rotatable bonds is 6. The van der Waals surface area contributed by atoms with Gasteiger partial charge in [-0.2, -0.15) is 0 Å². The molecule has 30 heavy (non-hydrogen) atoms. The highest BCUT2D eigenvalue weighted by atomic mass is 19.4. The predicted octanol–water partition coefficient (Wildman–Crippen LogP) is 3.54. The third-order valence-corrected chi connectivity index (χ3v) is 3.75. The molecule has 0 aliphatic carbocycles. The van der Waals surface area contributed by atoms with Crippen molar-refractivity contribution in [1.29, 1.82) is 0 Å². The summed E-state index contributed by atoms with van der Waals surface area (Å²) in [6, 6.07) is 3.33. The second-order valence-corrected chi connectivity index (χ2v) is 5.71. The van der Waals surface area contributed by atoms with Crippen LogP contribution in [0.5, 0.6) is 5.75 Å². The molecular weight excluding hydrogens is 409 g/mol. The monoisotopic (exact) mass is 422 g/mol. The summed E-state index contributed by atoms with van der Waals surface area (Å²) >= 11 is 0. The van der Waals surface area contributed by atoms with Gasteiger partial charge < -0.3 is 19.9 Å². The summed E-state index contributed by atoms with van der Waals surface area (Å²) in [6.07, 6.45) is -1.67. The minimum atomic E-state index is -4.93. The summed E-state index contributed by atoms with van der Waals surface area (Å²) in [6.45, 7) is 1.60. The van der Waals surface area contributed by atoms with E-state index in [1.165, 1.54) is 6.07 Å². The molecule has 1 aromatic carbocycles. The number of nitrogens with zero attached hydrogens (tertiary/aromatic N) is 3. The van der Waals surface area contributed by atoms with Crippen molar-refractivity contribution in [2.24, 2.45) is 0 Å². The average Bonchev–Trinajstić information content (AvgIpc) is 2.67. The highest BCUT2D eigenvalue weighted by molar-refractivity contribution is 6.07. The standard InChI is InChI=1S/C18H13F3N4O5/c1-2-29-17(28)11-7-23-13-4-3-9(30-18(19,20)21)5-10(13)14(11)25-15-12(16(26)27)6-22-8-24-15/h3-8H,2H2,1H3,(H,26,27)(H,22,23,24,25). The smallest absolute Gasteiger partial charge is 0.477 e. The van der Waals surface area contributed by atoms with Crippen LogP contribution in [0.2, 0.25) is 0 Å². The molecule has 2 heterocycles. The van der Waals surface area contributed by atoms with Gasteiger partial charge in [-0.1, -0.05) is 0 Å². The van der Waals surface area contributed by atoms with E-state index in [2.05, 4.69) is 25.0 Å². The van der Waals surface area contributed by atoms with Crippen LogP contribution in [0, 0.1) is 0 Å². The number of hydrogen-bond acceptors (Lipinski definition) is 8. The Kier molecular flexibility index (Phi) is 5.67. The van der Waals surface area contributed by atoms with E-state index in [1.54, 1.807) is 6.92 Å². The summed E-state index contributed by atoms with van der Waals surface area (Å²) in [5.74, 6) is -2.91. The highest BCUT2D eigenvalue weighted by Gasteiger charge is 2.31. The minimum absolute atomic E-state index is 0.0292. The second-order valence-electron chi connectivity index (χ2n) is 5.71. The number of esters is 1. The van der Waals surface area contributed by atoms with E-state index in [1.807, 2.05) is 0 Å². The quantitative estimate of drug-likeness (QED) is 0.574. The van der Waals surface area contributed by atoms with E-state index in [4.69, 9.17) is 4.74 Å². The number of carboxylic acid groups (broad SMARTS) is 1. The summed E-state index contributed by atoms with van der Waals surface area (Å²) in [5, 5.41) is 12.1. The first-order valence-electron chi connectivity index (χ1n) is 8.35. The van der Waals surface area contributed by atoms with E-state index in [0.717, 1.165) is 30.9 Å². The lowest BCUT2D eigenvalue weighted by molar-refractivity contribution is -0.274. The molecule has 12 heteroatoms. The molecular formula is C18H13F3N4O5. The Morgan fingerprint density at radius 3 is 2.60 bits per heavy atom. The third-order valence-electron chi connectivity index (χ3n) is 3.75. The number of aromatic nitrogens is 3. The van der Waals surface area contributed by atoms with Crippen molar-refractivity contribution in [2.45, 2.75) is 13.3 Å². The number of carboxylic acids is 1. The van der Waals surface area contributed by atoms with Gasteiger partial charge in [-0.05, 0) is 25.1 Å². The molecule has 0 amide bonds. The van der Waals surface area contributed by atoms with E-state index in [0.29, 0.717) is 0 Å². The van der Waals surface area contributed by atoms with Gasteiger partial charge >= 0.3 is 18.3 Å². The van der Waals surface area contributed by atoms with Crippen LogP contribution in [0.4, 0.5) is 24.7 Å². The SMILES string of the molecule is CCOC(=O)c1cnc2ccc(OC(F)(F)F)cc2c1Nc1ncncc1C(=O)O. The number of fused-ring (bicyclic) bond motifs is 1. The van der Waals surface area contributed by atoms with Crippen LogP contribution in [-0.2, 0) is 4.74 Å². The summed E-state index contributed by atoms with van der Waals surface area (Å²) in [4.78, 5) is 35.3. The van der Waals surface area contributed by atoms with Gasteiger partial charge in [0.1, 0.15) is 29.0 Å². The van der Waals surface area contributed by atoms with E-state index in [-0.39, 0.29) is 40.1 Å². The summed E-state index contributed by atoms with van der Waals surface area (Å²) in [5.41, 5.74) is -0.290. The van der Waals surface area contributed by atoms with Gasteiger partial charge in [-0.15, -0.1) is 13.2 Å². The average molecular weight is 422 g/mol. The van der Waals surface area contributed by atoms with Crippen LogP contribution in [0.15, 0.2) is 36.9 Å². The molecule has 9 nitrogen and oxygen atoms in total. The number of alkyl halides is 3. The van der Waals surface area contributed by atoms with Gasteiger partial charge in [-0.3, -0.25) is 4.98 Å². The normalized spacial score (nSPS) is 11.2. The lowest BCUT2D eigenvalue weighted by Gasteiger charge is -2.16. The molecule has 0 bridgehead atoms. The topological polar surface area (TPSA) is 124 Å². The number of pyridine rings is 1. The zero-order valence-corrected chi connectivity index (χ0v) is 15.2. The Balaban J connectivity index is 2.21. The minimum Gasteiger partial charge on any atom is -0.477 e. The number of carbonyl (C=O) groups excluding carboxylic acids is 1. The fourth-order valence-electron chi connectivity index (χ4n) is 2.57. The molecule has 3 aromatic rings. The number of aromatic carboxylic acids is 1. The fraction of sp³-hybridized carbons (Fsp3) is 0.167. The van der Waals surface area contributed by atoms with Crippen molar-refractivity contribution in [3.05, 3.63) is 48.0 Å². The number of anilines is 2. The number of halogens is 3. The lowest BCUT2D eigenvalue weighted by atomic mass is 10.1. The molecule has 0 aliphatic rings. The number of ether oxygens (including phenoxy) is 2. The van der Waals surface area contributed by atoms with Gasteiger partial charge in [-0.25, -0.2) is 19.6 Å². The largest absolute Gasteiger partial charge is 0.573 e. The highest BCUT2D eigenvalue weighted by Crippen LogP contribution is 2.34. The molecule has 0 fully saturated rings. The Labute approximate surface area is 166 Å². The maximum Gasteiger partial charge on any atom is 0.573 e. The first-order valence-corrected chi connectivity index (χ1v) is 8.35. The predicted molar refractivity (Wildman–Crippen MR) is 96.7 cm³/mol. The molecule has 2 aromatic heterocycles. The molecule has 0 saturated carbocycles. The lowest BCUT2D eigenvalue weighted by Crippen LogP contribution is -2.17. The molecule has 0 saturated heterocycles. The third kappa shape index (κ3) is 4.54. The van der Waals surface area contributed by atoms with Crippen molar-refractivity contribution in [3.8, 4) is 5.75 Å². The van der Waals surface area contributed by atoms with Crippen LogP contribution >= 0.6 is 0 Å². The molecule has 3 rings (SSSR count). The van der Waals surface area contributed by atoms with Crippen molar-refractivity contribution in [1.82, 2.24) is 15.0 Å². The van der Waals surface area contributed by atoms with Crippen molar-refractivity contribution in [3.63, 3.8) is 0 Å². The first kappa shape index (κ1) is 20.8. The zero-order valence-electron chi connectivity index (χ0n) is 15.2. The second kappa shape index (κ2) is 8.19. The Hall–Kier alpha value is -3.96. The van der Waals surface area contributed by atoms with Gasteiger partial charge in [0.25, 0.3) is 0 Å².